The van der Waals surface area contributed by atoms with Crippen LogP contribution in [0.2, 0.25) is 5.02 Å². The molecule has 0 amide bonds. The SMILES string of the molecule is CCCOc1ccc(Cl)cc1CNc1ccc(N2CCOCC2)cc1. The number of nitrogens with one attached hydrogen (secondary N) is 1. The molecule has 2 aromatic carbocycles. The van der Waals surface area contributed by atoms with Crippen LogP contribution in [0.3, 0.4) is 0 Å². The summed E-state index contributed by atoms with van der Waals surface area (Å²) in [4.78, 5) is 2.35. The third kappa shape index (κ3) is 5.03. The van der Waals surface area contributed by atoms with Gasteiger partial charge in [0.05, 0.1) is 19.8 Å². The zero-order valence-corrected chi connectivity index (χ0v) is 15.4. The first-order valence-corrected chi connectivity index (χ1v) is 9.22. The predicted octanol–water partition coefficient (Wildman–Crippen LogP) is 4.58. The highest BCUT2D eigenvalue weighted by Crippen LogP contribution is 2.25. The number of rotatable bonds is 7. The summed E-state index contributed by atoms with van der Waals surface area (Å²) in [5.41, 5.74) is 3.39. The fourth-order valence-corrected chi connectivity index (χ4v) is 3.04. The summed E-state index contributed by atoms with van der Waals surface area (Å²) in [5.74, 6) is 0.892. The van der Waals surface area contributed by atoms with Gasteiger partial charge in [0.25, 0.3) is 0 Å². The molecule has 1 N–H and O–H groups in total. The van der Waals surface area contributed by atoms with E-state index >= 15 is 0 Å². The first-order valence-electron chi connectivity index (χ1n) is 8.84. The summed E-state index contributed by atoms with van der Waals surface area (Å²) in [5, 5.41) is 4.18. The van der Waals surface area contributed by atoms with E-state index in [0.29, 0.717) is 13.2 Å². The number of anilines is 2. The minimum absolute atomic E-state index is 0.677. The maximum absolute atomic E-state index is 6.14. The lowest BCUT2D eigenvalue weighted by molar-refractivity contribution is 0.122. The maximum Gasteiger partial charge on any atom is 0.124 e. The van der Waals surface area contributed by atoms with Gasteiger partial charge >= 0.3 is 0 Å². The van der Waals surface area contributed by atoms with Crippen LogP contribution in [0.4, 0.5) is 11.4 Å². The molecular formula is C20H25ClN2O2. The molecule has 0 radical (unpaired) electrons. The Kier molecular flexibility index (Phi) is 6.42. The van der Waals surface area contributed by atoms with Crippen LogP contribution in [-0.2, 0) is 11.3 Å². The van der Waals surface area contributed by atoms with E-state index in [1.54, 1.807) is 0 Å². The monoisotopic (exact) mass is 360 g/mol. The molecule has 3 rings (SSSR count). The molecule has 1 heterocycles. The van der Waals surface area contributed by atoms with Gasteiger partial charge in [0, 0.05) is 41.6 Å². The van der Waals surface area contributed by atoms with Crippen molar-refractivity contribution >= 4 is 23.0 Å². The van der Waals surface area contributed by atoms with Gasteiger partial charge in [-0.25, -0.2) is 0 Å². The first kappa shape index (κ1) is 17.9. The number of nitrogens with zero attached hydrogens (tertiary/aromatic N) is 1. The van der Waals surface area contributed by atoms with Gasteiger partial charge in [-0.3, -0.25) is 0 Å². The molecule has 0 aromatic heterocycles. The summed E-state index contributed by atoms with van der Waals surface area (Å²) >= 11 is 6.14. The minimum atomic E-state index is 0.677. The molecule has 0 atom stereocenters. The molecule has 4 nitrogen and oxygen atoms in total. The van der Waals surface area contributed by atoms with Crippen LogP contribution in [0.25, 0.3) is 0 Å². The molecule has 5 heteroatoms. The second-order valence-corrected chi connectivity index (χ2v) is 6.54. The molecule has 0 unspecified atom stereocenters. The van der Waals surface area contributed by atoms with Gasteiger partial charge in [-0.15, -0.1) is 0 Å². The number of hydrogen-bond donors (Lipinski definition) is 1. The van der Waals surface area contributed by atoms with Crippen molar-refractivity contribution in [1.29, 1.82) is 0 Å². The highest BCUT2D eigenvalue weighted by molar-refractivity contribution is 6.30. The first-order chi connectivity index (χ1) is 12.3. The van der Waals surface area contributed by atoms with Gasteiger partial charge in [0.2, 0.25) is 0 Å². The van der Waals surface area contributed by atoms with Crippen LogP contribution in [0.5, 0.6) is 5.75 Å². The quantitative estimate of drug-likeness (QED) is 0.783. The number of halogens is 1. The maximum atomic E-state index is 6.14. The van der Waals surface area contributed by atoms with Gasteiger partial charge in [0.15, 0.2) is 0 Å². The highest BCUT2D eigenvalue weighted by Gasteiger charge is 2.11. The Balaban J connectivity index is 1.62. The summed E-state index contributed by atoms with van der Waals surface area (Å²) in [6.07, 6.45) is 0.985. The van der Waals surface area contributed by atoms with Crippen LogP contribution in [0.1, 0.15) is 18.9 Å². The molecule has 25 heavy (non-hydrogen) atoms. The molecule has 0 bridgehead atoms. The number of hydrogen-bond acceptors (Lipinski definition) is 4. The average molecular weight is 361 g/mol. The summed E-state index contributed by atoms with van der Waals surface area (Å²) in [6.45, 7) is 6.99. The molecule has 1 aliphatic heterocycles. The Morgan fingerprint density at radius 3 is 2.60 bits per heavy atom. The number of benzene rings is 2. The van der Waals surface area contributed by atoms with E-state index in [9.17, 15) is 0 Å². The topological polar surface area (TPSA) is 33.7 Å². The molecule has 1 fully saturated rings. The van der Waals surface area contributed by atoms with E-state index in [2.05, 4.69) is 41.4 Å². The minimum Gasteiger partial charge on any atom is -0.493 e. The number of ether oxygens (including phenoxy) is 2. The molecule has 2 aromatic rings. The third-order valence-electron chi connectivity index (χ3n) is 4.21. The van der Waals surface area contributed by atoms with Crippen molar-refractivity contribution in [3.05, 3.63) is 53.1 Å². The van der Waals surface area contributed by atoms with Crippen molar-refractivity contribution in [2.24, 2.45) is 0 Å². The van der Waals surface area contributed by atoms with Gasteiger partial charge in [-0.2, -0.15) is 0 Å². The smallest absolute Gasteiger partial charge is 0.124 e. The van der Waals surface area contributed by atoms with E-state index in [1.807, 2.05) is 18.2 Å². The van der Waals surface area contributed by atoms with Crippen LogP contribution in [-0.4, -0.2) is 32.9 Å². The van der Waals surface area contributed by atoms with Crippen molar-refractivity contribution in [2.45, 2.75) is 19.9 Å². The van der Waals surface area contributed by atoms with E-state index in [1.165, 1.54) is 5.69 Å². The standard InChI is InChI=1S/C20H25ClN2O2/c1-2-11-25-20-8-3-17(21)14-16(20)15-22-18-4-6-19(7-5-18)23-9-12-24-13-10-23/h3-8,14,22H,2,9-13,15H2,1H3. The second-order valence-electron chi connectivity index (χ2n) is 6.10. The van der Waals surface area contributed by atoms with Crippen LogP contribution >= 0.6 is 11.6 Å². The van der Waals surface area contributed by atoms with Gasteiger partial charge in [-0.1, -0.05) is 18.5 Å². The van der Waals surface area contributed by atoms with Crippen LogP contribution < -0.4 is 15.0 Å². The zero-order chi connectivity index (χ0) is 17.5. The predicted molar refractivity (Wildman–Crippen MR) is 104 cm³/mol. The lowest BCUT2D eigenvalue weighted by Crippen LogP contribution is -2.36. The van der Waals surface area contributed by atoms with Gasteiger partial charge in [-0.05, 0) is 48.9 Å². The fourth-order valence-electron chi connectivity index (χ4n) is 2.85. The third-order valence-corrected chi connectivity index (χ3v) is 4.45. The normalized spacial score (nSPS) is 14.4. The van der Waals surface area contributed by atoms with Crippen molar-refractivity contribution in [3.63, 3.8) is 0 Å². The average Bonchev–Trinajstić information content (AvgIpc) is 2.67. The zero-order valence-electron chi connectivity index (χ0n) is 14.6. The van der Waals surface area contributed by atoms with Gasteiger partial charge in [0.1, 0.15) is 5.75 Å². The molecule has 1 saturated heterocycles. The molecule has 134 valence electrons. The largest absolute Gasteiger partial charge is 0.493 e. The lowest BCUT2D eigenvalue weighted by atomic mass is 10.2. The van der Waals surface area contributed by atoms with E-state index in [4.69, 9.17) is 21.1 Å². The number of morpholine rings is 1. The second kappa shape index (κ2) is 8.97. The highest BCUT2D eigenvalue weighted by atomic mass is 35.5. The molecule has 0 aliphatic carbocycles. The Labute approximate surface area is 154 Å². The molecule has 0 saturated carbocycles. The van der Waals surface area contributed by atoms with Crippen molar-refractivity contribution < 1.29 is 9.47 Å². The molecule has 0 spiro atoms. The Bertz CT molecular complexity index is 670. The van der Waals surface area contributed by atoms with Crippen LogP contribution in [0, 0.1) is 0 Å². The van der Waals surface area contributed by atoms with Gasteiger partial charge < -0.3 is 19.7 Å². The van der Waals surface area contributed by atoms with E-state index in [-0.39, 0.29) is 0 Å². The molecule has 1 aliphatic rings. The Morgan fingerprint density at radius 2 is 1.88 bits per heavy atom. The summed E-state index contributed by atoms with van der Waals surface area (Å²) < 4.78 is 11.2. The molecular weight excluding hydrogens is 336 g/mol. The Morgan fingerprint density at radius 1 is 1.12 bits per heavy atom. The summed E-state index contributed by atoms with van der Waals surface area (Å²) in [6, 6.07) is 14.3. The van der Waals surface area contributed by atoms with Crippen molar-refractivity contribution in [3.8, 4) is 5.75 Å². The van der Waals surface area contributed by atoms with Crippen molar-refractivity contribution in [2.75, 3.05) is 43.1 Å². The van der Waals surface area contributed by atoms with E-state index < -0.39 is 0 Å². The van der Waals surface area contributed by atoms with Crippen molar-refractivity contribution in [1.82, 2.24) is 0 Å². The lowest BCUT2D eigenvalue weighted by Gasteiger charge is -2.29. The summed E-state index contributed by atoms with van der Waals surface area (Å²) in [7, 11) is 0. The Hall–Kier alpha value is -1.91. The van der Waals surface area contributed by atoms with E-state index in [0.717, 1.165) is 54.7 Å². The fraction of sp³-hybridized carbons (Fsp3) is 0.400. The van der Waals surface area contributed by atoms with Crippen LogP contribution in [0.15, 0.2) is 42.5 Å².